The molecule has 0 saturated heterocycles. The third-order valence-corrected chi connectivity index (χ3v) is 3.16. The first-order valence-corrected chi connectivity index (χ1v) is 6.16. The van der Waals surface area contributed by atoms with E-state index in [4.69, 9.17) is 11.5 Å². The van der Waals surface area contributed by atoms with E-state index in [0.717, 1.165) is 11.1 Å². The zero-order valence-corrected chi connectivity index (χ0v) is 10.9. The Morgan fingerprint density at radius 1 is 1.32 bits per heavy atom. The molecular weight excluding hydrogens is 240 g/mol. The largest absolute Gasteiger partial charge is 0.368 e. The van der Waals surface area contributed by atoms with Crippen molar-refractivity contribution in [2.24, 2.45) is 11.5 Å². The average Bonchev–Trinajstić information content (AvgIpc) is 2.86. The standard InChI is InChI=1S/C14H18N4O/c1-14(16,13(15)19)7-8-18-10-12(9-17-18)11-5-3-2-4-6-11/h2-6,9-10H,7-8,16H2,1H3,(H2,15,19). The lowest BCUT2D eigenvalue weighted by Gasteiger charge is -2.19. The zero-order chi connectivity index (χ0) is 13.9. The zero-order valence-electron chi connectivity index (χ0n) is 10.9. The summed E-state index contributed by atoms with van der Waals surface area (Å²) in [4.78, 5) is 11.1. The van der Waals surface area contributed by atoms with E-state index >= 15 is 0 Å². The Hall–Kier alpha value is -2.14. The van der Waals surface area contributed by atoms with E-state index < -0.39 is 11.4 Å². The van der Waals surface area contributed by atoms with E-state index in [2.05, 4.69) is 5.10 Å². The highest BCUT2D eigenvalue weighted by Crippen LogP contribution is 2.18. The third-order valence-electron chi connectivity index (χ3n) is 3.16. The van der Waals surface area contributed by atoms with Crippen LogP contribution in [-0.4, -0.2) is 21.2 Å². The first-order chi connectivity index (χ1) is 8.99. The number of benzene rings is 1. The fourth-order valence-electron chi connectivity index (χ4n) is 1.74. The van der Waals surface area contributed by atoms with E-state index in [1.54, 1.807) is 17.8 Å². The molecule has 19 heavy (non-hydrogen) atoms. The van der Waals surface area contributed by atoms with Gasteiger partial charge in [-0.1, -0.05) is 30.3 Å². The van der Waals surface area contributed by atoms with Gasteiger partial charge in [-0.15, -0.1) is 0 Å². The fraction of sp³-hybridized carbons (Fsp3) is 0.286. The maximum Gasteiger partial charge on any atom is 0.237 e. The number of aromatic nitrogens is 2. The van der Waals surface area contributed by atoms with Crippen molar-refractivity contribution in [3.8, 4) is 11.1 Å². The van der Waals surface area contributed by atoms with Gasteiger partial charge in [-0.25, -0.2) is 0 Å². The topological polar surface area (TPSA) is 86.9 Å². The number of primary amides is 1. The third kappa shape index (κ3) is 3.20. The van der Waals surface area contributed by atoms with Gasteiger partial charge in [0.2, 0.25) is 5.91 Å². The Kier molecular flexibility index (Phi) is 3.66. The summed E-state index contributed by atoms with van der Waals surface area (Å²) >= 11 is 0. The van der Waals surface area contributed by atoms with Crippen LogP contribution in [0.2, 0.25) is 0 Å². The number of amides is 1. The molecule has 1 heterocycles. The summed E-state index contributed by atoms with van der Waals surface area (Å²) in [5, 5.41) is 4.26. The molecule has 0 bridgehead atoms. The monoisotopic (exact) mass is 258 g/mol. The lowest BCUT2D eigenvalue weighted by molar-refractivity contribution is -0.122. The van der Waals surface area contributed by atoms with Crippen LogP contribution in [0.5, 0.6) is 0 Å². The van der Waals surface area contributed by atoms with E-state index in [1.807, 2.05) is 36.5 Å². The number of rotatable bonds is 5. The van der Waals surface area contributed by atoms with Gasteiger partial charge < -0.3 is 11.5 Å². The minimum Gasteiger partial charge on any atom is -0.368 e. The Balaban J connectivity index is 2.05. The molecule has 1 unspecified atom stereocenters. The van der Waals surface area contributed by atoms with E-state index in [0.29, 0.717) is 13.0 Å². The highest BCUT2D eigenvalue weighted by molar-refractivity contribution is 5.83. The van der Waals surface area contributed by atoms with Crippen molar-refractivity contribution in [2.45, 2.75) is 25.4 Å². The van der Waals surface area contributed by atoms with Gasteiger partial charge in [0.15, 0.2) is 0 Å². The van der Waals surface area contributed by atoms with Crippen LogP contribution in [0.3, 0.4) is 0 Å². The van der Waals surface area contributed by atoms with Gasteiger partial charge >= 0.3 is 0 Å². The minimum absolute atomic E-state index is 0.457. The predicted octanol–water partition coefficient (Wildman–Crippen LogP) is 1.14. The van der Waals surface area contributed by atoms with Crippen molar-refractivity contribution in [3.63, 3.8) is 0 Å². The number of carbonyl (C=O) groups is 1. The van der Waals surface area contributed by atoms with Crippen LogP contribution in [-0.2, 0) is 11.3 Å². The SMILES string of the molecule is CC(N)(CCn1cc(-c2ccccc2)cn1)C(N)=O. The fourth-order valence-corrected chi connectivity index (χ4v) is 1.74. The van der Waals surface area contributed by atoms with Crippen LogP contribution in [0, 0.1) is 0 Å². The molecule has 0 aliphatic rings. The van der Waals surface area contributed by atoms with Gasteiger partial charge in [-0.2, -0.15) is 5.10 Å². The molecule has 1 atom stereocenters. The lowest BCUT2D eigenvalue weighted by Crippen LogP contribution is -2.49. The van der Waals surface area contributed by atoms with Crippen molar-refractivity contribution >= 4 is 5.91 Å². The van der Waals surface area contributed by atoms with Crippen LogP contribution in [0.15, 0.2) is 42.7 Å². The summed E-state index contributed by atoms with van der Waals surface area (Å²) in [6.07, 6.45) is 4.19. The molecule has 5 nitrogen and oxygen atoms in total. The van der Waals surface area contributed by atoms with Gasteiger partial charge in [-0.3, -0.25) is 9.48 Å². The molecule has 1 aromatic heterocycles. The molecule has 0 aliphatic heterocycles. The average molecular weight is 258 g/mol. The molecule has 4 N–H and O–H groups in total. The van der Waals surface area contributed by atoms with Gasteiger partial charge in [0.05, 0.1) is 11.7 Å². The van der Waals surface area contributed by atoms with Crippen molar-refractivity contribution in [1.82, 2.24) is 9.78 Å². The van der Waals surface area contributed by atoms with Crippen LogP contribution < -0.4 is 11.5 Å². The van der Waals surface area contributed by atoms with Crippen LogP contribution >= 0.6 is 0 Å². The molecule has 1 aromatic carbocycles. The van der Waals surface area contributed by atoms with Gasteiger partial charge in [-0.05, 0) is 18.9 Å². The Morgan fingerprint density at radius 3 is 2.63 bits per heavy atom. The predicted molar refractivity (Wildman–Crippen MR) is 74.1 cm³/mol. The molecule has 0 spiro atoms. The van der Waals surface area contributed by atoms with Gasteiger partial charge in [0.25, 0.3) is 0 Å². The van der Waals surface area contributed by atoms with E-state index in [9.17, 15) is 4.79 Å². The van der Waals surface area contributed by atoms with E-state index in [-0.39, 0.29) is 0 Å². The van der Waals surface area contributed by atoms with Crippen molar-refractivity contribution < 1.29 is 4.79 Å². The summed E-state index contributed by atoms with van der Waals surface area (Å²) in [7, 11) is 0. The van der Waals surface area contributed by atoms with Gasteiger partial charge in [0, 0.05) is 18.3 Å². The molecule has 2 rings (SSSR count). The number of nitrogens with two attached hydrogens (primary N) is 2. The van der Waals surface area contributed by atoms with Crippen molar-refractivity contribution in [1.29, 1.82) is 0 Å². The second-order valence-corrected chi connectivity index (χ2v) is 4.89. The molecule has 1 amide bonds. The summed E-state index contributed by atoms with van der Waals surface area (Å²) in [6.45, 7) is 2.19. The normalized spacial score (nSPS) is 14.0. The summed E-state index contributed by atoms with van der Waals surface area (Å²) in [5.74, 6) is -0.497. The smallest absolute Gasteiger partial charge is 0.237 e. The maximum atomic E-state index is 11.1. The molecule has 100 valence electrons. The maximum absolute atomic E-state index is 11.1. The Morgan fingerprint density at radius 2 is 2.00 bits per heavy atom. The molecule has 0 aliphatic carbocycles. The highest BCUT2D eigenvalue weighted by Gasteiger charge is 2.25. The number of hydrogen-bond donors (Lipinski definition) is 2. The molecular formula is C14H18N4O. The van der Waals surface area contributed by atoms with Crippen LogP contribution in [0.1, 0.15) is 13.3 Å². The molecule has 0 saturated carbocycles. The molecule has 2 aromatic rings. The van der Waals surface area contributed by atoms with Crippen LogP contribution in [0.25, 0.3) is 11.1 Å². The van der Waals surface area contributed by atoms with Gasteiger partial charge in [0.1, 0.15) is 0 Å². The quantitative estimate of drug-likeness (QED) is 0.843. The molecule has 0 radical (unpaired) electrons. The molecule has 0 fully saturated rings. The van der Waals surface area contributed by atoms with Crippen molar-refractivity contribution in [2.75, 3.05) is 0 Å². The number of aryl methyl sites for hydroxylation is 1. The number of carbonyl (C=O) groups excluding carboxylic acids is 1. The van der Waals surface area contributed by atoms with Crippen LogP contribution in [0.4, 0.5) is 0 Å². The summed E-state index contributed by atoms with van der Waals surface area (Å²) < 4.78 is 1.77. The minimum atomic E-state index is -1.00. The Bertz CT molecular complexity index is 560. The summed E-state index contributed by atoms with van der Waals surface area (Å²) in [5.41, 5.74) is 12.2. The van der Waals surface area contributed by atoms with E-state index in [1.165, 1.54) is 0 Å². The summed E-state index contributed by atoms with van der Waals surface area (Å²) in [6, 6.07) is 9.99. The lowest BCUT2D eigenvalue weighted by atomic mass is 9.99. The number of hydrogen-bond acceptors (Lipinski definition) is 3. The number of nitrogens with zero attached hydrogens (tertiary/aromatic N) is 2. The highest BCUT2D eigenvalue weighted by atomic mass is 16.1. The first kappa shape index (κ1) is 13.3. The van der Waals surface area contributed by atoms with Crippen molar-refractivity contribution in [3.05, 3.63) is 42.7 Å². The Labute approximate surface area is 112 Å². The first-order valence-electron chi connectivity index (χ1n) is 6.16. The second-order valence-electron chi connectivity index (χ2n) is 4.89. The second kappa shape index (κ2) is 5.24. The molecule has 5 heteroatoms.